The van der Waals surface area contributed by atoms with Crippen molar-refractivity contribution in [3.63, 3.8) is 0 Å². The Kier molecular flexibility index (Phi) is 6.64. The van der Waals surface area contributed by atoms with E-state index in [1.807, 2.05) is 0 Å². The van der Waals surface area contributed by atoms with Gasteiger partial charge in [0.15, 0.2) is 21.4 Å². The maximum absolute atomic E-state index is 14.1. The molecule has 1 aromatic heterocycles. The fourth-order valence-electron chi connectivity index (χ4n) is 3.69. The van der Waals surface area contributed by atoms with Gasteiger partial charge >= 0.3 is 6.03 Å². The Bertz CT molecular complexity index is 1170. The number of carbonyl (C=O) groups is 2. The lowest BCUT2D eigenvalue weighted by atomic mass is 10.0. The number of carbonyl (C=O) groups excluding carboxylic acids is 2. The molecule has 2 aromatic rings. The standard InChI is InChI=1S/C23H26FN3O5S/c1-15(17-7-8-20(24)21(9-17)32-12-16-5-6-16)13-33(30,31)14-19-4-2-3-18(25-19)10-27-11-22(28)26-23(27)29/h2-4,7-9,15-16H,5-6,10-14H2,1H3,(H,26,28,29)/t15-/m0/s1. The van der Waals surface area contributed by atoms with E-state index in [1.54, 1.807) is 37.3 Å². The van der Waals surface area contributed by atoms with Crippen LogP contribution in [-0.4, -0.2) is 49.1 Å². The molecule has 1 aliphatic carbocycles. The minimum Gasteiger partial charge on any atom is -0.490 e. The van der Waals surface area contributed by atoms with Crippen molar-refractivity contribution in [2.45, 2.75) is 38.0 Å². The van der Waals surface area contributed by atoms with Gasteiger partial charge in [-0.1, -0.05) is 19.1 Å². The van der Waals surface area contributed by atoms with Crippen molar-refractivity contribution in [1.82, 2.24) is 15.2 Å². The third-order valence-corrected chi connectivity index (χ3v) is 7.40. The zero-order valence-corrected chi connectivity index (χ0v) is 19.1. The Morgan fingerprint density at radius 2 is 1.97 bits per heavy atom. The summed E-state index contributed by atoms with van der Waals surface area (Å²) < 4.78 is 45.3. The van der Waals surface area contributed by atoms with Crippen LogP contribution in [0, 0.1) is 11.7 Å². The molecule has 1 aliphatic heterocycles. The van der Waals surface area contributed by atoms with Gasteiger partial charge in [-0.25, -0.2) is 17.6 Å². The zero-order chi connectivity index (χ0) is 23.6. The lowest BCUT2D eigenvalue weighted by Crippen LogP contribution is -2.28. The maximum atomic E-state index is 14.1. The molecule has 2 aliphatic rings. The molecule has 0 unspecified atom stereocenters. The molecule has 10 heteroatoms. The molecule has 8 nitrogen and oxygen atoms in total. The van der Waals surface area contributed by atoms with Crippen LogP contribution in [0.25, 0.3) is 0 Å². The Labute approximate surface area is 192 Å². The number of nitrogens with one attached hydrogen (secondary N) is 1. The number of imide groups is 1. The topological polar surface area (TPSA) is 106 Å². The van der Waals surface area contributed by atoms with Gasteiger partial charge < -0.3 is 9.64 Å². The maximum Gasteiger partial charge on any atom is 0.324 e. The first-order valence-corrected chi connectivity index (χ1v) is 12.7. The summed E-state index contributed by atoms with van der Waals surface area (Å²) in [6.07, 6.45) is 2.18. The molecular weight excluding hydrogens is 449 g/mol. The van der Waals surface area contributed by atoms with Crippen molar-refractivity contribution < 1.29 is 27.1 Å². The number of hydrogen-bond acceptors (Lipinski definition) is 6. The van der Waals surface area contributed by atoms with E-state index in [0.29, 0.717) is 29.5 Å². The monoisotopic (exact) mass is 475 g/mol. The quantitative estimate of drug-likeness (QED) is 0.530. The van der Waals surface area contributed by atoms with Gasteiger partial charge in [0.1, 0.15) is 6.54 Å². The zero-order valence-electron chi connectivity index (χ0n) is 18.3. The number of amides is 3. The number of halogens is 1. The second kappa shape index (κ2) is 9.46. The van der Waals surface area contributed by atoms with Gasteiger partial charge in [-0.2, -0.15) is 0 Å². The molecule has 33 heavy (non-hydrogen) atoms. The van der Waals surface area contributed by atoms with E-state index >= 15 is 0 Å². The molecule has 0 spiro atoms. The molecule has 1 saturated heterocycles. The van der Waals surface area contributed by atoms with Crippen LogP contribution in [0.5, 0.6) is 5.75 Å². The number of pyridine rings is 1. The van der Waals surface area contributed by atoms with E-state index in [0.717, 1.165) is 12.8 Å². The molecule has 1 atom stereocenters. The molecule has 0 bridgehead atoms. The van der Waals surface area contributed by atoms with Gasteiger partial charge in [0.25, 0.3) is 0 Å². The second-order valence-corrected chi connectivity index (χ2v) is 10.8. The number of urea groups is 1. The van der Waals surface area contributed by atoms with Crippen molar-refractivity contribution in [2.24, 2.45) is 5.92 Å². The summed E-state index contributed by atoms with van der Waals surface area (Å²) in [5.41, 5.74) is 1.55. The van der Waals surface area contributed by atoms with Crippen LogP contribution in [0.3, 0.4) is 0 Å². The lowest BCUT2D eigenvalue weighted by Gasteiger charge is -2.15. The molecule has 1 N–H and O–H groups in total. The summed E-state index contributed by atoms with van der Waals surface area (Å²) in [7, 11) is -3.53. The highest BCUT2D eigenvalue weighted by molar-refractivity contribution is 7.90. The molecule has 2 heterocycles. The van der Waals surface area contributed by atoms with Crippen LogP contribution < -0.4 is 10.1 Å². The minimum atomic E-state index is -3.53. The number of benzene rings is 1. The number of ether oxygens (including phenoxy) is 1. The van der Waals surface area contributed by atoms with Gasteiger partial charge in [0.2, 0.25) is 5.91 Å². The van der Waals surface area contributed by atoms with Gasteiger partial charge in [-0.15, -0.1) is 0 Å². The third-order valence-electron chi connectivity index (χ3n) is 5.65. The van der Waals surface area contributed by atoms with E-state index in [4.69, 9.17) is 4.74 Å². The third kappa shape index (κ3) is 6.28. The normalized spacial score (nSPS) is 17.2. The number of aromatic nitrogens is 1. The summed E-state index contributed by atoms with van der Waals surface area (Å²) in [6.45, 7) is 2.32. The highest BCUT2D eigenvalue weighted by atomic mass is 32.2. The molecule has 1 saturated carbocycles. The number of rotatable bonds is 10. The first kappa shape index (κ1) is 23.2. The van der Waals surface area contributed by atoms with Crippen molar-refractivity contribution in [3.05, 3.63) is 59.2 Å². The Morgan fingerprint density at radius 3 is 2.67 bits per heavy atom. The molecular formula is C23H26FN3O5S. The van der Waals surface area contributed by atoms with Crippen molar-refractivity contribution in [1.29, 1.82) is 0 Å². The van der Waals surface area contributed by atoms with Crippen LogP contribution in [0.4, 0.5) is 9.18 Å². The molecule has 1 aromatic carbocycles. The minimum absolute atomic E-state index is 0.0510. The van der Waals surface area contributed by atoms with E-state index in [9.17, 15) is 22.4 Å². The fraction of sp³-hybridized carbons (Fsp3) is 0.435. The first-order chi connectivity index (χ1) is 15.7. The summed E-state index contributed by atoms with van der Waals surface area (Å²) in [5, 5.41) is 2.19. The van der Waals surface area contributed by atoms with Gasteiger partial charge in [0.05, 0.1) is 36.0 Å². The molecule has 2 fully saturated rings. The van der Waals surface area contributed by atoms with E-state index in [2.05, 4.69) is 10.3 Å². The largest absolute Gasteiger partial charge is 0.490 e. The molecule has 4 rings (SSSR count). The van der Waals surface area contributed by atoms with Crippen LogP contribution in [0.15, 0.2) is 36.4 Å². The predicted octanol–water partition coefficient (Wildman–Crippen LogP) is 2.78. The van der Waals surface area contributed by atoms with Crippen molar-refractivity contribution >= 4 is 21.8 Å². The predicted molar refractivity (Wildman–Crippen MR) is 119 cm³/mol. The first-order valence-electron chi connectivity index (χ1n) is 10.8. The summed E-state index contributed by atoms with van der Waals surface area (Å²) in [5.74, 6) is -0.949. The second-order valence-electron chi connectivity index (χ2n) is 8.73. The Balaban J connectivity index is 1.39. The van der Waals surface area contributed by atoms with E-state index in [-0.39, 0.29) is 42.2 Å². The summed E-state index contributed by atoms with van der Waals surface area (Å²) >= 11 is 0. The molecule has 3 amide bonds. The SMILES string of the molecule is C[C@@H](CS(=O)(=O)Cc1cccc(CN2CC(=O)NC2=O)n1)c1ccc(F)c(OCC2CC2)c1. The number of hydrogen-bond donors (Lipinski definition) is 1. The van der Waals surface area contributed by atoms with Gasteiger partial charge in [-0.05, 0) is 54.5 Å². The number of nitrogens with zero attached hydrogens (tertiary/aromatic N) is 2. The average Bonchev–Trinajstić information content (AvgIpc) is 3.51. The van der Waals surface area contributed by atoms with Gasteiger partial charge in [-0.3, -0.25) is 15.1 Å². The summed E-state index contributed by atoms with van der Waals surface area (Å²) in [4.78, 5) is 28.7. The van der Waals surface area contributed by atoms with Crippen LogP contribution >= 0.6 is 0 Å². The number of sulfone groups is 1. The van der Waals surface area contributed by atoms with Crippen LogP contribution in [-0.2, 0) is 26.9 Å². The van der Waals surface area contributed by atoms with Crippen LogP contribution in [0.2, 0.25) is 0 Å². The van der Waals surface area contributed by atoms with E-state index in [1.165, 1.54) is 11.0 Å². The highest BCUT2D eigenvalue weighted by Crippen LogP contribution is 2.31. The average molecular weight is 476 g/mol. The fourth-order valence-corrected chi connectivity index (χ4v) is 5.38. The van der Waals surface area contributed by atoms with Crippen LogP contribution in [0.1, 0.15) is 42.6 Å². The van der Waals surface area contributed by atoms with Crippen molar-refractivity contribution in [3.8, 4) is 5.75 Å². The summed E-state index contributed by atoms with van der Waals surface area (Å²) in [6, 6.07) is 8.95. The highest BCUT2D eigenvalue weighted by Gasteiger charge is 2.27. The van der Waals surface area contributed by atoms with E-state index < -0.39 is 21.7 Å². The van der Waals surface area contributed by atoms with Crippen molar-refractivity contribution in [2.75, 3.05) is 18.9 Å². The van der Waals surface area contributed by atoms with Gasteiger partial charge in [0, 0.05) is 0 Å². The lowest BCUT2D eigenvalue weighted by molar-refractivity contribution is -0.118. The molecule has 176 valence electrons. The smallest absolute Gasteiger partial charge is 0.324 e. The Morgan fingerprint density at radius 1 is 1.21 bits per heavy atom. The molecule has 0 radical (unpaired) electrons. The Hall–Kier alpha value is -3.01.